The Hall–Kier alpha value is -3.07. The number of carbonyl (C=O) groups excluding carboxylic acids is 1. The minimum absolute atomic E-state index is 0.305. The molecule has 0 atom stereocenters. The highest BCUT2D eigenvalue weighted by atomic mass is 16.3. The quantitative estimate of drug-likeness (QED) is 0.657. The fraction of sp³-hybridized carbons (Fsp3) is 0.235. The van der Waals surface area contributed by atoms with Crippen molar-refractivity contribution in [1.82, 2.24) is 5.43 Å². The highest BCUT2D eigenvalue weighted by Gasteiger charge is 2.09. The maximum absolute atomic E-state index is 11.8. The Balaban J connectivity index is 1.92. The van der Waals surface area contributed by atoms with Gasteiger partial charge in [0.05, 0.1) is 30.5 Å². The van der Waals surface area contributed by atoms with Gasteiger partial charge in [0.25, 0.3) is 5.91 Å². The molecule has 0 bridgehead atoms. The summed E-state index contributed by atoms with van der Waals surface area (Å²) in [7, 11) is 1.94. The van der Waals surface area contributed by atoms with Gasteiger partial charge in [-0.25, -0.2) is 5.43 Å². The van der Waals surface area contributed by atoms with Crippen LogP contribution in [0, 0.1) is 18.3 Å². The van der Waals surface area contributed by atoms with Gasteiger partial charge in [-0.3, -0.25) is 4.79 Å². The zero-order valence-corrected chi connectivity index (χ0v) is 13.1. The molecule has 1 amide bonds. The van der Waals surface area contributed by atoms with Crippen molar-refractivity contribution < 1.29 is 9.21 Å². The first kappa shape index (κ1) is 16.3. The predicted molar refractivity (Wildman–Crippen MR) is 88.4 cm³/mol. The number of hydrogen-bond donors (Lipinski definition) is 1. The van der Waals surface area contributed by atoms with E-state index in [9.17, 15) is 4.79 Å². The Kier molecular flexibility index (Phi) is 5.53. The number of nitrogens with zero attached hydrogens (tertiary/aromatic N) is 3. The first-order chi connectivity index (χ1) is 11.1. The molecule has 0 fully saturated rings. The van der Waals surface area contributed by atoms with Gasteiger partial charge in [0, 0.05) is 19.3 Å². The number of furan rings is 1. The molecular formula is C17H18N4O2. The fourth-order valence-electron chi connectivity index (χ4n) is 2.01. The van der Waals surface area contributed by atoms with Gasteiger partial charge in [0.1, 0.15) is 5.76 Å². The molecule has 118 valence electrons. The van der Waals surface area contributed by atoms with Crippen LogP contribution < -0.4 is 10.3 Å². The van der Waals surface area contributed by atoms with Crippen molar-refractivity contribution in [3.8, 4) is 6.07 Å². The van der Waals surface area contributed by atoms with Crippen LogP contribution in [-0.2, 0) is 0 Å². The Morgan fingerprint density at radius 3 is 2.74 bits per heavy atom. The van der Waals surface area contributed by atoms with Crippen LogP contribution in [0.3, 0.4) is 0 Å². The standard InChI is InChI=1S/C17H18N4O2/c1-13-16(8-11-23-13)17(22)20-19-12-14-4-6-15(7-5-14)21(2)10-3-9-18/h4-8,11-12H,3,10H2,1-2H3,(H,20,22)/b19-12-. The summed E-state index contributed by atoms with van der Waals surface area (Å²) in [6, 6.07) is 11.4. The van der Waals surface area contributed by atoms with Gasteiger partial charge in [-0.15, -0.1) is 0 Å². The Morgan fingerprint density at radius 1 is 1.39 bits per heavy atom. The van der Waals surface area contributed by atoms with Crippen molar-refractivity contribution in [3.63, 3.8) is 0 Å². The largest absolute Gasteiger partial charge is 0.469 e. The highest BCUT2D eigenvalue weighted by molar-refractivity contribution is 5.95. The number of benzene rings is 1. The highest BCUT2D eigenvalue weighted by Crippen LogP contribution is 2.13. The van der Waals surface area contributed by atoms with E-state index >= 15 is 0 Å². The third-order valence-electron chi connectivity index (χ3n) is 3.38. The number of carbonyl (C=O) groups is 1. The second-order valence-electron chi connectivity index (χ2n) is 5.01. The number of rotatable bonds is 6. The zero-order valence-electron chi connectivity index (χ0n) is 13.1. The van der Waals surface area contributed by atoms with E-state index in [1.54, 1.807) is 19.2 Å². The first-order valence-corrected chi connectivity index (χ1v) is 7.17. The van der Waals surface area contributed by atoms with Crippen LogP contribution in [0.5, 0.6) is 0 Å². The average molecular weight is 310 g/mol. The monoisotopic (exact) mass is 310 g/mol. The first-order valence-electron chi connectivity index (χ1n) is 7.17. The smallest absolute Gasteiger partial charge is 0.274 e. The molecule has 0 aliphatic heterocycles. The van der Waals surface area contributed by atoms with Gasteiger partial charge in [0.15, 0.2) is 0 Å². The van der Waals surface area contributed by atoms with E-state index in [4.69, 9.17) is 9.68 Å². The molecule has 0 radical (unpaired) electrons. The summed E-state index contributed by atoms with van der Waals surface area (Å²) < 4.78 is 5.08. The lowest BCUT2D eigenvalue weighted by atomic mass is 10.2. The summed E-state index contributed by atoms with van der Waals surface area (Å²) >= 11 is 0. The van der Waals surface area contributed by atoms with Gasteiger partial charge in [-0.05, 0) is 30.7 Å². The van der Waals surface area contributed by atoms with E-state index in [1.165, 1.54) is 6.26 Å². The minimum Gasteiger partial charge on any atom is -0.469 e. The zero-order chi connectivity index (χ0) is 16.7. The van der Waals surface area contributed by atoms with E-state index in [0.717, 1.165) is 11.3 Å². The van der Waals surface area contributed by atoms with Gasteiger partial charge in [0.2, 0.25) is 0 Å². The molecule has 6 nitrogen and oxygen atoms in total. The SMILES string of the molecule is Cc1occc1C(=O)N/N=C\c1ccc(N(C)CCC#N)cc1. The van der Waals surface area contributed by atoms with Gasteiger partial charge >= 0.3 is 0 Å². The number of hydrogen-bond acceptors (Lipinski definition) is 5. The van der Waals surface area contributed by atoms with Crippen LogP contribution in [0.4, 0.5) is 5.69 Å². The topological polar surface area (TPSA) is 81.6 Å². The lowest BCUT2D eigenvalue weighted by Gasteiger charge is -2.17. The molecule has 1 heterocycles. The van der Waals surface area contributed by atoms with Crippen molar-refractivity contribution in [2.24, 2.45) is 5.10 Å². The summed E-state index contributed by atoms with van der Waals surface area (Å²) in [5.74, 6) is 0.253. The van der Waals surface area contributed by atoms with Gasteiger partial charge < -0.3 is 9.32 Å². The van der Waals surface area contributed by atoms with Crippen LogP contribution in [0.1, 0.15) is 28.1 Å². The van der Waals surface area contributed by atoms with Crippen molar-refractivity contribution >= 4 is 17.8 Å². The summed E-state index contributed by atoms with van der Waals surface area (Å²) in [5.41, 5.74) is 4.82. The van der Waals surface area contributed by atoms with Crippen LogP contribution in [0.2, 0.25) is 0 Å². The molecule has 0 aliphatic rings. The third-order valence-corrected chi connectivity index (χ3v) is 3.38. The summed E-state index contributed by atoms with van der Waals surface area (Å²) in [6.07, 6.45) is 3.53. The maximum atomic E-state index is 11.8. The lowest BCUT2D eigenvalue weighted by Crippen LogP contribution is -2.18. The number of anilines is 1. The van der Waals surface area contributed by atoms with E-state index in [-0.39, 0.29) is 5.91 Å². The van der Waals surface area contributed by atoms with Gasteiger partial charge in [-0.2, -0.15) is 10.4 Å². The molecule has 23 heavy (non-hydrogen) atoms. The summed E-state index contributed by atoms with van der Waals surface area (Å²) in [4.78, 5) is 13.9. The van der Waals surface area contributed by atoms with E-state index in [1.807, 2.05) is 36.2 Å². The van der Waals surface area contributed by atoms with Crippen LogP contribution >= 0.6 is 0 Å². The van der Waals surface area contributed by atoms with E-state index in [2.05, 4.69) is 16.6 Å². The van der Waals surface area contributed by atoms with Crippen LogP contribution in [0.15, 0.2) is 46.1 Å². The van der Waals surface area contributed by atoms with Crippen molar-refractivity contribution in [1.29, 1.82) is 5.26 Å². The molecule has 1 aromatic heterocycles. The predicted octanol–water partition coefficient (Wildman–Crippen LogP) is 2.70. The van der Waals surface area contributed by atoms with E-state index in [0.29, 0.717) is 24.3 Å². The molecule has 0 saturated carbocycles. The van der Waals surface area contributed by atoms with Crippen molar-refractivity contribution in [2.45, 2.75) is 13.3 Å². The number of nitriles is 1. The summed E-state index contributed by atoms with van der Waals surface area (Å²) in [5, 5.41) is 12.5. The molecule has 0 spiro atoms. The molecule has 6 heteroatoms. The van der Waals surface area contributed by atoms with E-state index < -0.39 is 0 Å². The lowest BCUT2D eigenvalue weighted by molar-refractivity contribution is 0.0953. The molecular weight excluding hydrogens is 292 g/mol. The Morgan fingerprint density at radius 2 is 2.13 bits per heavy atom. The number of nitrogens with one attached hydrogen (secondary N) is 1. The number of aryl methyl sites for hydroxylation is 1. The van der Waals surface area contributed by atoms with Crippen molar-refractivity contribution in [2.75, 3.05) is 18.5 Å². The molecule has 1 N–H and O–H groups in total. The second kappa shape index (κ2) is 7.80. The fourth-order valence-corrected chi connectivity index (χ4v) is 2.01. The molecule has 1 aromatic carbocycles. The molecule has 0 aliphatic carbocycles. The third kappa shape index (κ3) is 4.45. The van der Waals surface area contributed by atoms with Gasteiger partial charge in [-0.1, -0.05) is 12.1 Å². The summed E-state index contributed by atoms with van der Waals surface area (Å²) in [6.45, 7) is 2.41. The van der Waals surface area contributed by atoms with Crippen molar-refractivity contribution in [3.05, 3.63) is 53.5 Å². The average Bonchev–Trinajstić information content (AvgIpc) is 2.99. The van der Waals surface area contributed by atoms with Crippen LogP contribution in [0.25, 0.3) is 0 Å². The number of amides is 1. The Bertz CT molecular complexity index is 726. The molecule has 0 saturated heterocycles. The normalized spacial score (nSPS) is 10.5. The molecule has 2 rings (SSSR count). The molecule has 0 unspecified atom stereocenters. The minimum atomic E-state index is -0.305. The Labute approximate surface area is 135 Å². The maximum Gasteiger partial charge on any atom is 0.274 e. The second-order valence-corrected chi connectivity index (χ2v) is 5.01. The van der Waals surface area contributed by atoms with Crippen LogP contribution in [-0.4, -0.2) is 25.7 Å². The number of hydrazone groups is 1. The molecule has 2 aromatic rings.